The molecule has 6 heteroatoms. The molecular weight excluding hydrogens is 839 g/mol. The van der Waals surface area contributed by atoms with E-state index in [9.17, 15) is 25.2 Å². The van der Waals surface area contributed by atoms with Gasteiger partial charge in [0, 0.05) is 0 Å². The van der Waals surface area contributed by atoms with E-state index in [1.165, 1.54) is 283 Å². The van der Waals surface area contributed by atoms with Crippen LogP contribution in [0.25, 0.3) is 0 Å². The van der Waals surface area contributed by atoms with Gasteiger partial charge >= 0.3 is 0 Å². The fraction of sp³-hybridized carbons (Fsp3) is 0.952. The number of rotatable bonds is 58. The first-order valence-electron chi connectivity index (χ1n) is 31.1. The van der Waals surface area contributed by atoms with E-state index in [0.717, 1.165) is 38.5 Å². The number of nitrogens with one attached hydrogen (secondary N) is 1. The second-order valence-corrected chi connectivity index (χ2v) is 21.8. The highest BCUT2D eigenvalue weighted by Crippen LogP contribution is 2.19. The van der Waals surface area contributed by atoms with E-state index in [0.29, 0.717) is 12.8 Å². The average Bonchev–Trinajstić information content (AvgIpc) is 3.34. The summed E-state index contributed by atoms with van der Waals surface area (Å²) in [4.78, 5) is 12.6. The number of hydrogen-bond acceptors (Lipinski definition) is 5. The molecule has 0 bridgehead atoms. The summed E-state index contributed by atoms with van der Waals surface area (Å²) in [6.45, 7) is 4.10. The molecule has 406 valence electrons. The first-order valence-corrected chi connectivity index (χ1v) is 31.1. The Bertz CT molecular complexity index is 990. The van der Waals surface area contributed by atoms with E-state index >= 15 is 0 Å². The molecule has 0 aliphatic heterocycles. The van der Waals surface area contributed by atoms with E-state index in [1.54, 1.807) is 0 Å². The maximum absolute atomic E-state index is 12.6. The summed E-state index contributed by atoms with van der Waals surface area (Å²) in [5.74, 6) is -0.585. The number of aliphatic hydroxyl groups excluding tert-OH is 4. The van der Waals surface area contributed by atoms with Crippen LogP contribution in [0, 0.1) is 0 Å². The van der Waals surface area contributed by atoms with Crippen LogP contribution >= 0.6 is 0 Å². The highest BCUT2D eigenvalue weighted by molar-refractivity contribution is 5.80. The number of unbranched alkanes of at least 4 members (excludes halogenated alkanes) is 47. The van der Waals surface area contributed by atoms with Gasteiger partial charge in [0.15, 0.2) is 0 Å². The molecule has 0 spiro atoms. The van der Waals surface area contributed by atoms with Crippen LogP contribution in [0.4, 0.5) is 0 Å². The van der Waals surface area contributed by atoms with Crippen molar-refractivity contribution in [1.82, 2.24) is 5.32 Å². The lowest BCUT2D eigenvalue weighted by atomic mass is 10.00. The first kappa shape index (κ1) is 67.0. The molecule has 0 aromatic rings. The van der Waals surface area contributed by atoms with Gasteiger partial charge in [0.25, 0.3) is 0 Å². The van der Waals surface area contributed by atoms with Crippen molar-refractivity contribution >= 4 is 5.91 Å². The van der Waals surface area contributed by atoms with Crippen molar-refractivity contribution in [2.24, 2.45) is 0 Å². The third-order valence-corrected chi connectivity index (χ3v) is 15.0. The molecule has 0 aliphatic rings. The van der Waals surface area contributed by atoms with Crippen molar-refractivity contribution in [1.29, 1.82) is 0 Å². The zero-order valence-corrected chi connectivity index (χ0v) is 46.1. The average molecular weight is 963 g/mol. The minimum atomic E-state index is -1.28. The molecule has 4 atom stereocenters. The van der Waals surface area contributed by atoms with Gasteiger partial charge in [0.05, 0.1) is 18.8 Å². The van der Waals surface area contributed by atoms with Gasteiger partial charge in [0.2, 0.25) is 5.91 Å². The number of aliphatic hydroxyl groups is 4. The summed E-state index contributed by atoms with van der Waals surface area (Å²) >= 11 is 0. The largest absolute Gasteiger partial charge is 0.394 e. The lowest BCUT2D eigenvalue weighted by molar-refractivity contribution is -0.132. The molecule has 0 aromatic carbocycles. The van der Waals surface area contributed by atoms with Crippen LogP contribution in [0.1, 0.15) is 348 Å². The Morgan fingerprint density at radius 3 is 0.882 bits per heavy atom. The molecule has 0 saturated carbocycles. The Labute approximate surface area is 425 Å². The summed E-state index contributed by atoms with van der Waals surface area (Å²) in [7, 11) is 0. The van der Waals surface area contributed by atoms with Crippen LogP contribution in [0.5, 0.6) is 0 Å². The van der Waals surface area contributed by atoms with Crippen LogP contribution < -0.4 is 5.32 Å². The Hall–Kier alpha value is -0.950. The third kappa shape index (κ3) is 50.0. The lowest BCUT2D eigenvalue weighted by Crippen LogP contribution is -2.53. The molecule has 1 amide bonds. The number of carbonyl (C=O) groups is 1. The molecule has 0 radical (unpaired) electrons. The fourth-order valence-electron chi connectivity index (χ4n) is 10.1. The van der Waals surface area contributed by atoms with Crippen LogP contribution in [-0.2, 0) is 4.79 Å². The van der Waals surface area contributed by atoms with Crippen molar-refractivity contribution < 1.29 is 25.2 Å². The summed E-state index contributed by atoms with van der Waals surface area (Å²) in [6, 6.07) is -0.999. The van der Waals surface area contributed by atoms with E-state index in [1.807, 2.05) is 0 Å². The molecule has 0 saturated heterocycles. The first-order chi connectivity index (χ1) is 33.5. The van der Waals surface area contributed by atoms with Crippen LogP contribution in [0.2, 0.25) is 0 Å². The third-order valence-electron chi connectivity index (χ3n) is 15.0. The van der Waals surface area contributed by atoms with Crippen LogP contribution in [0.15, 0.2) is 12.2 Å². The predicted molar refractivity (Wildman–Crippen MR) is 298 cm³/mol. The second kappa shape index (κ2) is 57.0. The summed E-state index contributed by atoms with van der Waals surface area (Å²) in [5, 5.41) is 44.1. The molecule has 0 aliphatic carbocycles. The van der Waals surface area contributed by atoms with E-state index in [4.69, 9.17) is 0 Å². The molecular formula is C62H123NO5. The van der Waals surface area contributed by atoms with E-state index in [-0.39, 0.29) is 0 Å². The van der Waals surface area contributed by atoms with Gasteiger partial charge in [-0.1, -0.05) is 321 Å². The Morgan fingerprint density at radius 1 is 0.353 bits per heavy atom. The molecule has 0 rings (SSSR count). The fourth-order valence-corrected chi connectivity index (χ4v) is 10.1. The minimum absolute atomic E-state index is 0.369. The van der Waals surface area contributed by atoms with Crippen molar-refractivity contribution in [3.63, 3.8) is 0 Å². The van der Waals surface area contributed by atoms with Crippen LogP contribution in [-0.4, -0.2) is 57.3 Å². The molecule has 0 heterocycles. The Kier molecular flexibility index (Phi) is 56.2. The molecule has 0 aromatic heterocycles. The Morgan fingerprint density at radius 2 is 0.603 bits per heavy atom. The zero-order chi connectivity index (χ0) is 49.5. The van der Waals surface area contributed by atoms with Gasteiger partial charge in [0.1, 0.15) is 12.2 Å². The van der Waals surface area contributed by atoms with Gasteiger partial charge in [-0.3, -0.25) is 4.79 Å². The van der Waals surface area contributed by atoms with Crippen molar-refractivity contribution in [2.75, 3.05) is 6.61 Å². The molecule has 0 fully saturated rings. The maximum atomic E-state index is 12.6. The summed E-state index contributed by atoms with van der Waals surface area (Å²) in [5.41, 5.74) is 0. The molecule has 6 nitrogen and oxygen atoms in total. The minimum Gasteiger partial charge on any atom is -0.394 e. The maximum Gasteiger partial charge on any atom is 0.249 e. The van der Waals surface area contributed by atoms with E-state index < -0.39 is 36.9 Å². The van der Waals surface area contributed by atoms with Gasteiger partial charge in [-0.2, -0.15) is 0 Å². The number of allylic oxidation sites excluding steroid dienone is 2. The van der Waals surface area contributed by atoms with Gasteiger partial charge in [-0.15, -0.1) is 0 Å². The summed E-state index contributed by atoms with van der Waals surface area (Å²) < 4.78 is 0. The smallest absolute Gasteiger partial charge is 0.249 e. The van der Waals surface area contributed by atoms with Crippen LogP contribution in [0.3, 0.4) is 0 Å². The standard InChI is InChI=1S/C62H123NO5/c1-3-5-7-9-11-13-15-17-19-21-23-25-27-28-29-30-31-32-34-35-37-39-41-43-45-47-49-51-53-55-59(65)61(67)58(57-64)63-62(68)60(66)56-54-52-50-48-46-44-42-40-38-36-33-26-24-22-20-18-16-14-12-10-8-6-4-2/h47,49,58-61,64-67H,3-46,48,50-57H2,1-2H3,(H,63,68)/b49-47+. The van der Waals surface area contributed by atoms with Crippen molar-refractivity contribution in [2.45, 2.75) is 372 Å². The zero-order valence-electron chi connectivity index (χ0n) is 46.1. The normalized spacial score (nSPS) is 13.7. The topological polar surface area (TPSA) is 110 Å². The van der Waals surface area contributed by atoms with Crippen molar-refractivity contribution in [3.8, 4) is 0 Å². The number of hydrogen-bond donors (Lipinski definition) is 5. The van der Waals surface area contributed by atoms with Crippen molar-refractivity contribution in [3.05, 3.63) is 12.2 Å². The lowest BCUT2D eigenvalue weighted by Gasteiger charge is -2.27. The quantitative estimate of drug-likeness (QED) is 0.0308. The van der Waals surface area contributed by atoms with Gasteiger partial charge in [-0.25, -0.2) is 0 Å². The number of carbonyl (C=O) groups excluding carboxylic acids is 1. The molecule has 5 N–H and O–H groups in total. The highest BCUT2D eigenvalue weighted by Gasteiger charge is 2.28. The van der Waals surface area contributed by atoms with Gasteiger partial charge in [-0.05, 0) is 38.5 Å². The second-order valence-electron chi connectivity index (χ2n) is 21.8. The van der Waals surface area contributed by atoms with E-state index in [2.05, 4.69) is 31.3 Å². The van der Waals surface area contributed by atoms with Gasteiger partial charge < -0.3 is 25.7 Å². The summed E-state index contributed by atoms with van der Waals surface area (Å²) in [6.07, 6.45) is 68.8. The highest BCUT2D eigenvalue weighted by atomic mass is 16.3. The molecule has 4 unspecified atom stereocenters. The monoisotopic (exact) mass is 962 g/mol. The number of amides is 1. The Balaban J connectivity index is 3.59. The molecule has 68 heavy (non-hydrogen) atoms. The predicted octanol–water partition coefficient (Wildman–Crippen LogP) is 18.4. The SMILES string of the molecule is CCCCCCCCCCCCCCCCCCCCCCCCCC/C=C/CCCC(O)C(O)C(CO)NC(=O)C(O)CCCCCCCCCCCCCCCCCCCCCCCCC.